The zero-order valence-electron chi connectivity index (χ0n) is 21.8. The Morgan fingerprint density at radius 3 is 2.62 bits per heavy atom. The molecule has 2 rings (SSSR count). The SMILES string of the molecule is CCCCNC(=O)CC(O)CC(O)CCC1C(C)C=CC2=CC(C)CC(OC(=O)C(C)CC)C21. The van der Waals surface area contributed by atoms with Crippen LogP contribution in [0.5, 0.6) is 0 Å². The van der Waals surface area contributed by atoms with E-state index in [2.05, 4.69) is 44.3 Å². The molecule has 0 radical (unpaired) electrons. The molecule has 0 aromatic carbocycles. The van der Waals surface area contributed by atoms with Crippen LogP contribution in [-0.2, 0) is 14.3 Å². The number of nitrogens with one attached hydrogen (secondary N) is 1. The summed E-state index contributed by atoms with van der Waals surface area (Å²) in [6.07, 6.45) is 10.1. The van der Waals surface area contributed by atoms with Gasteiger partial charge in [0.1, 0.15) is 6.10 Å². The Kier molecular flexibility index (Phi) is 11.8. The fourth-order valence-electron chi connectivity index (χ4n) is 5.24. The molecule has 2 aliphatic rings. The van der Waals surface area contributed by atoms with Gasteiger partial charge in [0.2, 0.25) is 5.91 Å². The molecule has 3 N–H and O–H groups in total. The molecule has 6 heteroatoms. The van der Waals surface area contributed by atoms with E-state index in [4.69, 9.17) is 4.74 Å². The first kappa shape index (κ1) is 28.6. The lowest BCUT2D eigenvalue weighted by molar-refractivity contribution is -0.158. The van der Waals surface area contributed by atoms with Crippen LogP contribution in [0, 0.1) is 29.6 Å². The maximum absolute atomic E-state index is 12.6. The van der Waals surface area contributed by atoms with E-state index in [1.807, 2.05) is 13.8 Å². The number of hydrogen-bond acceptors (Lipinski definition) is 5. The number of aliphatic hydroxyl groups excluding tert-OH is 2. The summed E-state index contributed by atoms with van der Waals surface area (Å²) in [5, 5.41) is 23.7. The number of ether oxygens (including phenoxy) is 1. The van der Waals surface area contributed by atoms with Crippen molar-refractivity contribution in [2.45, 2.75) is 104 Å². The summed E-state index contributed by atoms with van der Waals surface area (Å²) in [4.78, 5) is 24.5. The van der Waals surface area contributed by atoms with Crippen LogP contribution >= 0.6 is 0 Å². The summed E-state index contributed by atoms with van der Waals surface area (Å²) in [6.45, 7) is 10.9. The molecular formula is C28H47NO5. The van der Waals surface area contributed by atoms with Gasteiger partial charge in [-0.25, -0.2) is 0 Å². The third kappa shape index (κ3) is 8.53. The minimum Gasteiger partial charge on any atom is -0.461 e. The van der Waals surface area contributed by atoms with Crippen LogP contribution in [0.4, 0.5) is 0 Å². The zero-order chi connectivity index (χ0) is 25.3. The number of rotatable bonds is 13. The average Bonchev–Trinajstić information content (AvgIpc) is 2.77. The smallest absolute Gasteiger partial charge is 0.308 e. The third-order valence-electron chi connectivity index (χ3n) is 7.53. The van der Waals surface area contributed by atoms with Gasteiger partial charge in [-0.15, -0.1) is 0 Å². The summed E-state index contributed by atoms with van der Waals surface area (Å²) in [5.41, 5.74) is 1.24. The Bertz CT molecular complexity index is 718. The molecule has 0 fully saturated rings. The second kappa shape index (κ2) is 14.0. The molecule has 0 bridgehead atoms. The van der Waals surface area contributed by atoms with Gasteiger partial charge in [-0.1, -0.05) is 59.3 Å². The maximum atomic E-state index is 12.6. The minimum atomic E-state index is -0.851. The Labute approximate surface area is 206 Å². The van der Waals surface area contributed by atoms with Crippen LogP contribution in [0.25, 0.3) is 0 Å². The monoisotopic (exact) mass is 477 g/mol. The first-order valence-corrected chi connectivity index (χ1v) is 13.4. The number of allylic oxidation sites excluding steroid dienone is 3. The van der Waals surface area contributed by atoms with E-state index in [1.165, 1.54) is 5.57 Å². The van der Waals surface area contributed by atoms with Gasteiger partial charge >= 0.3 is 5.97 Å². The van der Waals surface area contributed by atoms with E-state index >= 15 is 0 Å². The fourth-order valence-corrected chi connectivity index (χ4v) is 5.24. The number of carbonyl (C=O) groups is 2. The van der Waals surface area contributed by atoms with Gasteiger partial charge in [0.25, 0.3) is 0 Å². The van der Waals surface area contributed by atoms with Crippen LogP contribution in [0.3, 0.4) is 0 Å². The summed E-state index contributed by atoms with van der Waals surface area (Å²) in [5.74, 6) is 0.639. The molecule has 0 saturated heterocycles. The normalized spacial score (nSPS) is 28.9. The van der Waals surface area contributed by atoms with Crippen molar-refractivity contribution in [1.29, 1.82) is 0 Å². The highest BCUT2D eigenvalue weighted by Gasteiger charge is 2.41. The number of amides is 1. The molecule has 0 heterocycles. The van der Waals surface area contributed by atoms with Crippen molar-refractivity contribution in [2.24, 2.45) is 29.6 Å². The molecule has 0 saturated carbocycles. The highest BCUT2D eigenvalue weighted by molar-refractivity contribution is 5.76. The quantitative estimate of drug-likeness (QED) is 0.267. The van der Waals surface area contributed by atoms with E-state index < -0.39 is 12.2 Å². The summed E-state index contributed by atoms with van der Waals surface area (Å²) in [7, 11) is 0. The second-order valence-corrected chi connectivity index (χ2v) is 10.6. The minimum absolute atomic E-state index is 0.0182. The van der Waals surface area contributed by atoms with Crippen LogP contribution in [-0.4, -0.2) is 46.9 Å². The molecule has 8 atom stereocenters. The number of esters is 1. The lowest BCUT2D eigenvalue weighted by Gasteiger charge is -2.43. The van der Waals surface area contributed by atoms with E-state index in [1.54, 1.807) is 0 Å². The Balaban J connectivity index is 1.97. The van der Waals surface area contributed by atoms with Crippen molar-refractivity contribution in [1.82, 2.24) is 5.32 Å². The van der Waals surface area contributed by atoms with Crippen LogP contribution < -0.4 is 5.32 Å². The highest BCUT2D eigenvalue weighted by atomic mass is 16.5. The van der Waals surface area contributed by atoms with E-state index in [0.717, 1.165) is 32.1 Å². The summed E-state index contributed by atoms with van der Waals surface area (Å²) < 4.78 is 6.06. The van der Waals surface area contributed by atoms with E-state index in [-0.39, 0.29) is 48.6 Å². The lowest BCUT2D eigenvalue weighted by Crippen LogP contribution is -2.41. The van der Waals surface area contributed by atoms with Crippen molar-refractivity contribution < 1.29 is 24.5 Å². The molecular weight excluding hydrogens is 430 g/mol. The fraction of sp³-hybridized carbons (Fsp3) is 0.786. The number of aliphatic hydroxyl groups is 2. The molecule has 34 heavy (non-hydrogen) atoms. The summed E-state index contributed by atoms with van der Waals surface area (Å²) >= 11 is 0. The first-order chi connectivity index (χ1) is 16.2. The topological polar surface area (TPSA) is 95.9 Å². The molecule has 0 aromatic rings. The van der Waals surface area contributed by atoms with Crippen LogP contribution in [0.2, 0.25) is 0 Å². The number of unbranched alkanes of at least 4 members (excludes halogenated alkanes) is 1. The van der Waals surface area contributed by atoms with Crippen molar-refractivity contribution in [3.05, 3.63) is 23.8 Å². The predicted octanol–water partition coefficient (Wildman–Crippen LogP) is 4.55. The van der Waals surface area contributed by atoms with Gasteiger partial charge in [-0.05, 0) is 61.9 Å². The van der Waals surface area contributed by atoms with E-state index in [9.17, 15) is 19.8 Å². The van der Waals surface area contributed by atoms with Gasteiger partial charge < -0.3 is 20.3 Å². The Morgan fingerprint density at radius 2 is 1.94 bits per heavy atom. The molecule has 1 amide bonds. The molecule has 0 aromatic heterocycles. The standard InChI is InChI=1S/C28H47NO5/c1-6-8-13-29-26(32)17-23(31)16-22(30)11-12-24-20(5)9-10-21-14-18(3)15-25(27(21)24)34-28(33)19(4)7-2/h9-10,14,18-20,22-25,27,30-31H,6-8,11-13,15-17H2,1-5H3,(H,29,32). The molecule has 2 aliphatic carbocycles. The third-order valence-corrected chi connectivity index (χ3v) is 7.53. The molecule has 0 spiro atoms. The first-order valence-electron chi connectivity index (χ1n) is 13.4. The van der Waals surface area contributed by atoms with Crippen LogP contribution in [0.1, 0.15) is 86.0 Å². The van der Waals surface area contributed by atoms with Gasteiger partial charge in [0, 0.05) is 12.5 Å². The zero-order valence-corrected chi connectivity index (χ0v) is 21.8. The van der Waals surface area contributed by atoms with Crippen molar-refractivity contribution in [2.75, 3.05) is 6.54 Å². The van der Waals surface area contributed by atoms with Crippen molar-refractivity contribution >= 4 is 11.9 Å². The number of hydrogen-bond donors (Lipinski definition) is 3. The second-order valence-electron chi connectivity index (χ2n) is 10.6. The number of carbonyl (C=O) groups excluding carboxylic acids is 2. The molecule has 8 unspecified atom stereocenters. The largest absolute Gasteiger partial charge is 0.461 e. The average molecular weight is 478 g/mol. The Morgan fingerprint density at radius 1 is 1.21 bits per heavy atom. The van der Waals surface area contributed by atoms with Gasteiger partial charge in [0.15, 0.2) is 0 Å². The Hall–Kier alpha value is -1.66. The van der Waals surface area contributed by atoms with Crippen LogP contribution in [0.15, 0.2) is 23.8 Å². The van der Waals surface area contributed by atoms with Gasteiger partial charge in [-0.3, -0.25) is 9.59 Å². The van der Waals surface area contributed by atoms with Gasteiger partial charge in [0.05, 0.1) is 24.5 Å². The summed E-state index contributed by atoms with van der Waals surface area (Å²) in [6, 6.07) is 0. The maximum Gasteiger partial charge on any atom is 0.308 e. The molecule has 0 aliphatic heterocycles. The molecule has 6 nitrogen and oxygen atoms in total. The van der Waals surface area contributed by atoms with Crippen molar-refractivity contribution in [3.63, 3.8) is 0 Å². The predicted molar refractivity (Wildman–Crippen MR) is 135 cm³/mol. The van der Waals surface area contributed by atoms with Crippen molar-refractivity contribution in [3.8, 4) is 0 Å². The number of fused-ring (bicyclic) bond motifs is 1. The highest BCUT2D eigenvalue weighted by Crippen LogP contribution is 2.45. The lowest BCUT2D eigenvalue weighted by atomic mass is 9.65. The molecule has 194 valence electrons. The van der Waals surface area contributed by atoms with Gasteiger partial charge in [-0.2, -0.15) is 0 Å². The van der Waals surface area contributed by atoms with E-state index in [0.29, 0.717) is 24.8 Å².